The lowest BCUT2D eigenvalue weighted by Gasteiger charge is -2.36. The molecule has 4 rings (SSSR count). The number of rotatable bonds is 5. The van der Waals surface area contributed by atoms with Crippen LogP contribution in [0.3, 0.4) is 0 Å². The topological polar surface area (TPSA) is 81.8 Å². The molecule has 0 bridgehead atoms. The van der Waals surface area contributed by atoms with Gasteiger partial charge in [-0.1, -0.05) is 58.6 Å². The number of amides is 1. The van der Waals surface area contributed by atoms with Gasteiger partial charge in [-0.25, -0.2) is 8.42 Å². The number of anilines is 2. The van der Waals surface area contributed by atoms with Crippen molar-refractivity contribution in [2.45, 2.75) is 11.8 Å². The highest BCUT2D eigenvalue weighted by Gasteiger charge is 2.30. The number of aryl methyl sites for hydroxylation is 1. The van der Waals surface area contributed by atoms with E-state index in [9.17, 15) is 13.2 Å². The van der Waals surface area contributed by atoms with Crippen molar-refractivity contribution in [2.75, 3.05) is 36.4 Å². The van der Waals surface area contributed by atoms with Gasteiger partial charge in [0.05, 0.1) is 31.9 Å². The van der Waals surface area contributed by atoms with Gasteiger partial charge in [-0.05, 0) is 61.6 Å². The largest absolute Gasteiger partial charge is 0.366 e. The van der Waals surface area contributed by atoms with Gasteiger partial charge in [0.2, 0.25) is 10.0 Å². The zero-order chi connectivity index (χ0) is 26.7. The third-order valence-corrected chi connectivity index (χ3v) is 8.82. The molecule has 0 spiro atoms. The Balaban J connectivity index is 1.45. The van der Waals surface area contributed by atoms with Gasteiger partial charge in [0.1, 0.15) is 0 Å². The SMILES string of the molecule is Cc1ccc(S(=O)(=O)N2CCN(c3c(Cl)cccc3NC(=S)NC(=O)c3ccc(Cl)cc3Cl)CC2)cc1. The third-order valence-electron chi connectivity index (χ3n) is 5.85. The number of benzene rings is 3. The van der Waals surface area contributed by atoms with Crippen molar-refractivity contribution in [3.8, 4) is 0 Å². The molecule has 0 atom stereocenters. The predicted molar refractivity (Wildman–Crippen MR) is 154 cm³/mol. The van der Waals surface area contributed by atoms with Crippen LogP contribution in [0.25, 0.3) is 0 Å². The smallest absolute Gasteiger partial charge is 0.258 e. The van der Waals surface area contributed by atoms with E-state index in [4.69, 9.17) is 47.0 Å². The van der Waals surface area contributed by atoms with E-state index < -0.39 is 15.9 Å². The van der Waals surface area contributed by atoms with Crippen molar-refractivity contribution in [2.24, 2.45) is 0 Å². The summed E-state index contributed by atoms with van der Waals surface area (Å²) in [5.74, 6) is -0.488. The minimum absolute atomic E-state index is 0.0557. The standard InChI is InChI=1S/C25H23Cl3N4O3S2/c1-16-5-8-18(9-6-16)37(34,35)32-13-11-31(12-14-32)23-20(27)3-2-4-22(23)29-25(36)30-24(33)19-10-7-17(26)15-21(19)28/h2-10,15H,11-14H2,1H3,(H2,29,30,33,36). The fourth-order valence-electron chi connectivity index (χ4n) is 3.95. The van der Waals surface area contributed by atoms with Gasteiger partial charge >= 0.3 is 0 Å². The van der Waals surface area contributed by atoms with Crippen LogP contribution in [-0.4, -0.2) is 49.9 Å². The second-order valence-electron chi connectivity index (χ2n) is 8.37. The summed E-state index contributed by atoms with van der Waals surface area (Å²) < 4.78 is 27.6. The van der Waals surface area contributed by atoms with E-state index >= 15 is 0 Å². The molecule has 3 aromatic carbocycles. The summed E-state index contributed by atoms with van der Waals surface area (Å²) in [7, 11) is -3.60. The zero-order valence-electron chi connectivity index (χ0n) is 19.7. The summed E-state index contributed by atoms with van der Waals surface area (Å²) in [6.45, 7) is 3.33. The van der Waals surface area contributed by atoms with Gasteiger partial charge in [-0.2, -0.15) is 4.31 Å². The Morgan fingerprint density at radius 1 is 0.919 bits per heavy atom. The number of halogens is 3. The van der Waals surface area contributed by atoms with E-state index in [0.29, 0.717) is 34.5 Å². The van der Waals surface area contributed by atoms with Crippen LogP contribution < -0.4 is 15.5 Å². The molecule has 3 aromatic rings. The number of hydrogen-bond donors (Lipinski definition) is 2. The Morgan fingerprint density at radius 2 is 1.59 bits per heavy atom. The average molecular weight is 598 g/mol. The molecule has 7 nitrogen and oxygen atoms in total. The van der Waals surface area contributed by atoms with E-state index in [1.54, 1.807) is 48.5 Å². The van der Waals surface area contributed by atoms with Crippen LogP contribution in [0.15, 0.2) is 65.6 Å². The van der Waals surface area contributed by atoms with Crippen molar-refractivity contribution in [3.63, 3.8) is 0 Å². The first kappa shape index (κ1) is 27.6. The van der Waals surface area contributed by atoms with Crippen molar-refractivity contribution >= 4 is 79.4 Å². The second-order valence-corrected chi connectivity index (χ2v) is 12.0. The first-order valence-electron chi connectivity index (χ1n) is 11.2. The molecule has 1 aliphatic rings. The summed E-state index contributed by atoms with van der Waals surface area (Å²) in [5, 5.41) is 6.77. The molecule has 0 radical (unpaired) electrons. The summed E-state index contributed by atoms with van der Waals surface area (Å²) in [5.41, 5.74) is 2.47. The number of nitrogens with one attached hydrogen (secondary N) is 2. The van der Waals surface area contributed by atoms with Gasteiger partial charge in [-0.3, -0.25) is 10.1 Å². The lowest BCUT2D eigenvalue weighted by Crippen LogP contribution is -2.49. The average Bonchev–Trinajstić information content (AvgIpc) is 2.84. The maximum atomic E-state index is 13.1. The summed E-state index contributed by atoms with van der Waals surface area (Å²) in [6.07, 6.45) is 0. The first-order chi connectivity index (χ1) is 17.6. The summed E-state index contributed by atoms with van der Waals surface area (Å²) >= 11 is 23.9. The Morgan fingerprint density at radius 3 is 2.24 bits per heavy atom. The van der Waals surface area contributed by atoms with Crippen LogP contribution in [0.4, 0.5) is 11.4 Å². The van der Waals surface area contributed by atoms with E-state index in [0.717, 1.165) is 5.56 Å². The van der Waals surface area contributed by atoms with Crippen LogP contribution in [-0.2, 0) is 10.0 Å². The Labute approximate surface area is 236 Å². The molecular weight excluding hydrogens is 575 g/mol. The molecule has 194 valence electrons. The highest BCUT2D eigenvalue weighted by atomic mass is 35.5. The van der Waals surface area contributed by atoms with Gasteiger partial charge < -0.3 is 10.2 Å². The Kier molecular flexibility index (Phi) is 8.63. The lowest BCUT2D eigenvalue weighted by atomic mass is 10.2. The molecule has 1 heterocycles. The fraction of sp³-hybridized carbons (Fsp3) is 0.200. The Bertz CT molecular complexity index is 1440. The number of piperazine rings is 1. The highest BCUT2D eigenvalue weighted by molar-refractivity contribution is 7.89. The van der Waals surface area contributed by atoms with E-state index in [1.165, 1.54) is 16.4 Å². The lowest BCUT2D eigenvalue weighted by molar-refractivity contribution is 0.0978. The second kappa shape index (κ2) is 11.6. The number of nitrogens with zero attached hydrogens (tertiary/aromatic N) is 2. The first-order valence-corrected chi connectivity index (χ1v) is 14.2. The van der Waals surface area contributed by atoms with Crippen LogP contribution in [0, 0.1) is 6.92 Å². The number of carbonyl (C=O) groups is 1. The van der Waals surface area contributed by atoms with Crippen molar-refractivity contribution in [1.29, 1.82) is 0 Å². The predicted octanol–water partition coefficient (Wildman–Crippen LogP) is 5.59. The molecule has 37 heavy (non-hydrogen) atoms. The number of para-hydroxylation sites is 1. The minimum atomic E-state index is -3.60. The zero-order valence-corrected chi connectivity index (χ0v) is 23.6. The highest BCUT2D eigenvalue weighted by Crippen LogP contribution is 2.35. The number of sulfonamides is 1. The van der Waals surface area contributed by atoms with E-state index in [-0.39, 0.29) is 33.7 Å². The molecule has 2 N–H and O–H groups in total. The van der Waals surface area contributed by atoms with Gasteiger partial charge in [0.15, 0.2) is 5.11 Å². The molecule has 0 unspecified atom stereocenters. The normalized spacial score (nSPS) is 14.3. The molecule has 0 saturated carbocycles. The number of hydrogen-bond acceptors (Lipinski definition) is 5. The van der Waals surface area contributed by atoms with Gasteiger partial charge in [0.25, 0.3) is 5.91 Å². The maximum Gasteiger partial charge on any atom is 0.258 e. The number of thiocarbonyl (C=S) groups is 1. The van der Waals surface area contributed by atoms with Gasteiger partial charge in [-0.15, -0.1) is 0 Å². The summed E-state index contributed by atoms with van der Waals surface area (Å²) in [6, 6.07) is 16.6. The van der Waals surface area contributed by atoms with Crippen LogP contribution in [0.5, 0.6) is 0 Å². The third kappa shape index (κ3) is 6.37. The monoisotopic (exact) mass is 596 g/mol. The van der Waals surface area contributed by atoms with E-state index in [2.05, 4.69) is 10.6 Å². The molecule has 0 aromatic heterocycles. The van der Waals surface area contributed by atoms with Crippen LogP contribution in [0.1, 0.15) is 15.9 Å². The molecular formula is C25H23Cl3N4O3S2. The fourth-order valence-corrected chi connectivity index (χ4v) is 6.36. The van der Waals surface area contributed by atoms with Crippen molar-refractivity contribution in [1.82, 2.24) is 9.62 Å². The quantitative estimate of drug-likeness (QED) is 0.373. The minimum Gasteiger partial charge on any atom is -0.366 e. The van der Waals surface area contributed by atoms with Crippen molar-refractivity contribution in [3.05, 3.63) is 86.9 Å². The molecule has 0 aliphatic carbocycles. The molecule has 1 amide bonds. The van der Waals surface area contributed by atoms with Crippen molar-refractivity contribution < 1.29 is 13.2 Å². The molecule has 1 fully saturated rings. The molecule has 1 aliphatic heterocycles. The van der Waals surface area contributed by atoms with Gasteiger partial charge in [0, 0.05) is 31.2 Å². The molecule has 12 heteroatoms. The maximum absolute atomic E-state index is 13.1. The van der Waals surface area contributed by atoms with Crippen LogP contribution in [0.2, 0.25) is 15.1 Å². The number of carbonyl (C=O) groups excluding carboxylic acids is 1. The van der Waals surface area contributed by atoms with Crippen LogP contribution >= 0.6 is 47.0 Å². The summed E-state index contributed by atoms with van der Waals surface area (Å²) in [4.78, 5) is 14.9. The molecule has 1 saturated heterocycles. The van der Waals surface area contributed by atoms with E-state index in [1.807, 2.05) is 11.8 Å². The Hall–Kier alpha value is -2.40.